The van der Waals surface area contributed by atoms with Gasteiger partial charge in [0, 0.05) is 19.5 Å². The molecule has 0 atom stereocenters. The van der Waals surface area contributed by atoms with Crippen molar-refractivity contribution in [3.8, 4) is 0 Å². The molecule has 0 N–H and O–H groups in total. The first-order valence-corrected chi connectivity index (χ1v) is 6.90. The second-order valence-electron chi connectivity index (χ2n) is 3.58. The Kier molecular flexibility index (Phi) is 4.20. The Labute approximate surface area is 125 Å². The molecule has 0 aromatic heterocycles. The van der Waals surface area contributed by atoms with Gasteiger partial charge in [0.15, 0.2) is 5.78 Å². The molecule has 0 saturated heterocycles. The molecule has 18 heavy (non-hydrogen) atoms. The van der Waals surface area contributed by atoms with Gasteiger partial charge in [-0.1, -0.05) is 27.5 Å². The summed E-state index contributed by atoms with van der Waals surface area (Å²) >= 11 is 12.2. The van der Waals surface area contributed by atoms with E-state index in [0.29, 0.717) is 10.0 Å². The van der Waals surface area contributed by atoms with E-state index >= 15 is 0 Å². The van der Waals surface area contributed by atoms with Crippen molar-refractivity contribution in [2.24, 2.45) is 0 Å². The summed E-state index contributed by atoms with van der Waals surface area (Å²) in [5.41, 5.74) is 0.404. The third-order valence-electron chi connectivity index (χ3n) is 2.35. The van der Waals surface area contributed by atoms with Crippen molar-refractivity contribution in [2.45, 2.75) is 0 Å². The molecular formula is C13H6Br2ClFO. The lowest BCUT2D eigenvalue weighted by atomic mass is 10.0. The van der Waals surface area contributed by atoms with Crippen LogP contribution in [0, 0.1) is 5.82 Å². The zero-order valence-corrected chi connectivity index (χ0v) is 12.8. The molecular weight excluding hydrogens is 386 g/mol. The largest absolute Gasteiger partial charge is 0.288 e. The fourth-order valence-corrected chi connectivity index (χ4v) is 2.88. The number of hydrogen-bond acceptors (Lipinski definition) is 1. The highest BCUT2D eigenvalue weighted by atomic mass is 79.9. The van der Waals surface area contributed by atoms with Crippen LogP contribution < -0.4 is 0 Å². The summed E-state index contributed by atoms with van der Waals surface area (Å²) in [4.78, 5) is 12.2. The SMILES string of the molecule is O=C(c1ccc(Cl)cc1F)c1ccc(Br)cc1Br. The molecule has 0 spiro atoms. The van der Waals surface area contributed by atoms with Crippen LogP contribution in [0.15, 0.2) is 45.3 Å². The normalized spacial score (nSPS) is 10.4. The molecule has 0 aliphatic rings. The average Bonchev–Trinajstić information content (AvgIpc) is 2.28. The van der Waals surface area contributed by atoms with Crippen LogP contribution in [-0.2, 0) is 0 Å². The first-order chi connectivity index (χ1) is 8.49. The third kappa shape index (κ3) is 2.82. The van der Waals surface area contributed by atoms with Gasteiger partial charge in [-0.3, -0.25) is 4.79 Å². The number of ketones is 1. The summed E-state index contributed by atoms with van der Waals surface area (Å²) in [5, 5.41) is 0.263. The second kappa shape index (κ2) is 5.51. The van der Waals surface area contributed by atoms with Crippen LogP contribution in [0.5, 0.6) is 0 Å². The van der Waals surface area contributed by atoms with Crippen LogP contribution in [0.3, 0.4) is 0 Å². The predicted octanol–water partition coefficient (Wildman–Crippen LogP) is 5.24. The molecule has 0 fully saturated rings. The van der Waals surface area contributed by atoms with Crippen LogP contribution in [0.2, 0.25) is 5.02 Å². The maximum Gasteiger partial charge on any atom is 0.197 e. The van der Waals surface area contributed by atoms with Crippen molar-refractivity contribution >= 4 is 49.2 Å². The third-order valence-corrected chi connectivity index (χ3v) is 3.74. The Balaban J connectivity index is 2.48. The predicted molar refractivity (Wildman–Crippen MR) is 76.7 cm³/mol. The first-order valence-electron chi connectivity index (χ1n) is 4.94. The standard InChI is InChI=1S/C13H6Br2ClFO/c14-7-1-3-9(11(15)5-7)13(18)10-4-2-8(16)6-12(10)17/h1-6H. The maximum atomic E-state index is 13.7. The minimum Gasteiger partial charge on any atom is -0.288 e. The zero-order valence-electron chi connectivity index (χ0n) is 8.88. The van der Waals surface area contributed by atoms with E-state index in [4.69, 9.17) is 11.6 Å². The number of benzene rings is 2. The molecule has 0 aliphatic carbocycles. The summed E-state index contributed by atoms with van der Waals surface area (Å²) in [5.74, 6) is -1.01. The van der Waals surface area contributed by atoms with Crippen molar-refractivity contribution < 1.29 is 9.18 Å². The smallest absolute Gasteiger partial charge is 0.197 e. The zero-order chi connectivity index (χ0) is 13.3. The van der Waals surface area contributed by atoms with Crippen molar-refractivity contribution in [3.63, 3.8) is 0 Å². The highest BCUT2D eigenvalue weighted by molar-refractivity contribution is 9.11. The lowest BCUT2D eigenvalue weighted by Gasteiger charge is -2.06. The van der Waals surface area contributed by atoms with Crippen molar-refractivity contribution in [3.05, 3.63) is 67.3 Å². The summed E-state index contributed by atoms with van der Waals surface area (Å²) < 4.78 is 15.1. The second-order valence-corrected chi connectivity index (χ2v) is 5.78. The molecule has 0 aliphatic heterocycles. The Morgan fingerprint density at radius 3 is 2.33 bits per heavy atom. The molecule has 0 radical (unpaired) electrons. The highest BCUT2D eigenvalue weighted by Gasteiger charge is 2.16. The lowest BCUT2D eigenvalue weighted by Crippen LogP contribution is -2.05. The van der Waals surface area contributed by atoms with E-state index in [-0.39, 0.29) is 16.4 Å². The molecule has 0 amide bonds. The molecule has 2 aromatic rings. The minimum atomic E-state index is -0.623. The van der Waals surface area contributed by atoms with Crippen LogP contribution >= 0.6 is 43.5 Å². The number of halogens is 4. The number of rotatable bonds is 2. The van der Waals surface area contributed by atoms with Gasteiger partial charge >= 0.3 is 0 Å². The monoisotopic (exact) mass is 390 g/mol. The van der Waals surface area contributed by atoms with Crippen LogP contribution in [-0.4, -0.2) is 5.78 Å². The van der Waals surface area contributed by atoms with Gasteiger partial charge in [-0.2, -0.15) is 0 Å². The molecule has 5 heteroatoms. The number of hydrogen-bond donors (Lipinski definition) is 0. The summed E-state index contributed by atoms with van der Waals surface area (Å²) in [6.45, 7) is 0. The topological polar surface area (TPSA) is 17.1 Å². The molecule has 2 rings (SSSR count). The van der Waals surface area contributed by atoms with Crippen molar-refractivity contribution in [1.82, 2.24) is 0 Å². The summed E-state index contributed by atoms with van der Waals surface area (Å²) in [6.07, 6.45) is 0. The molecule has 1 nitrogen and oxygen atoms in total. The molecule has 0 bridgehead atoms. The van der Waals surface area contributed by atoms with E-state index in [0.717, 1.165) is 10.5 Å². The average molecular weight is 392 g/mol. The number of carbonyl (C=O) groups is 1. The molecule has 0 unspecified atom stereocenters. The summed E-state index contributed by atoms with van der Waals surface area (Å²) in [7, 11) is 0. The van der Waals surface area contributed by atoms with E-state index in [1.807, 2.05) is 0 Å². The number of carbonyl (C=O) groups excluding carboxylic acids is 1. The van der Waals surface area contributed by atoms with Gasteiger partial charge in [0.05, 0.1) is 5.56 Å². The van der Waals surface area contributed by atoms with Gasteiger partial charge in [0.25, 0.3) is 0 Å². The van der Waals surface area contributed by atoms with Gasteiger partial charge in [-0.25, -0.2) is 4.39 Å². The fourth-order valence-electron chi connectivity index (χ4n) is 1.49. The minimum absolute atomic E-state index is 0.00224. The quantitative estimate of drug-likeness (QED) is 0.639. The van der Waals surface area contributed by atoms with Gasteiger partial charge in [0.2, 0.25) is 0 Å². The molecule has 2 aromatic carbocycles. The Bertz CT molecular complexity index is 575. The van der Waals surface area contributed by atoms with Gasteiger partial charge in [0.1, 0.15) is 5.82 Å². The van der Waals surface area contributed by atoms with E-state index in [2.05, 4.69) is 31.9 Å². The Morgan fingerprint density at radius 1 is 1.06 bits per heavy atom. The lowest BCUT2D eigenvalue weighted by molar-refractivity contribution is 0.103. The molecule has 92 valence electrons. The van der Waals surface area contributed by atoms with Crippen LogP contribution in [0.1, 0.15) is 15.9 Å². The fraction of sp³-hybridized carbons (Fsp3) is 0. The van der Waals surface area contributed by atoms with Crippen molar-refractivity contribution in [2.75, 3.05) is 0 Å². The van der Waals surface area contributed by atoms with E-state index in [1.54, 1.807) is 18.2 Å². The van der Waals surface area contributed by atoms with E-state index < -0.39 is 5.82 Å². The Hall–Kier alpha value is -0.710. The van der Waals surface area contributed by atoms with Gasteiger partial charge in [-0.15, -0.1) is 0 Å². The van der Waals surface area contributed by atoms with E-state index in [9.17, 15) is 9.18 Å². The highest BCUT2D eigenvalue weighted by Crippen LogP contribution is 2.25. The maximum absolute atomic E-state index is 13.7. The first kappa shape index (κ1) is 13.7. The van der Waals surface area contributed by atoms with Crippen molar-refractivity contribution in [1.29, 1.82) is 0 Å². The molecule has 0 heterocycles. The van der Waals surface area contributed by atoms with Crippen LogP contribution in [0.4, 0.5) is 4.39 Å². The Morgan fingerprint density at radius 2 is 1.72 bits per heavy atom. The van der Waals surface area contributed by atoms with Gasteiger partial charge < -0.3 is 0 Å². The van der Waals surface area contributed by atoms with Gasteiger partial charge in [-0.05, 0) is 52.3 Å². The molecule has 0 saturated carbocycles. The van der Waals surface area contributed by atoms with E-state index in [1.165, 1.54) is 12.1 Å². The van der Waals surface area contributed by atoms with Crippen LogP contribution in [0.25, 0.3) is 0 Å². The summed E-state index contributed by atoms with van der Waals surface area (Å²) in [6, 6.07) is 9.10.